The lowest BCUT2D eigenvalue weighted by molar-refractivity contribution is -0.137. The predicted octanol–water partition coefficient (Wildman–Crippen LogP) is 3.64. The maximum atomic E-state index is 12.9. The Morgan fingerprint density at radius 2 is 2.00 bits per heavy atom. The van der Waals surface area contributed by atoms with Crippen LogP contribution in [0.1, 0.15) is 18.6 Å². The largest absolute Gasteiger partial charge is 0.481 e. The third-order valence-corrected chi connectivity index (χ3v) is 5.78. The third-order valence-electron chi connectivity index (χ3n) is 3.22. The second-order valence-corrected chi connectivity index (χ2v) is 7.74. The van der Waals surface area contributed by atoms with Crippen molar-refractivity contribution >= 4 is 39.2 Å². The molecule has 1 heterocycles. The minimum atomic E-state index is -3.96. The van der Waals surface area contributed by atoms with E-state index in [-0.39, 0.29) is 40.9 Å². The molecule has 0 radical (unpaired) electrons. The summed E-state index contributed by atoms with van der Waals surface area (Å²) in [5.41, 5.74) is 0. The first-order chi connectivity index (χ1) is 11.3. The zero-order chi connectivity index (χ0) is 17.7. The molecule has 2 aromatic rings. The number of benzene rings is 1. The van der Waals surface area contributed by atoms with Gasteiger partial charge >= 0.3 is 5.97 Å². The van der Waals surface area contributed by atoms with E-state index in [1.165, 1.54) is 24.5 Å². The zero-order valence-corrected chi connectivity index (χ0v) is 14.8. The molecule has 130 valence electrons. The van der Waals surface area contributed by atoms with E-state index < -0.39 is 16.0 Å². The van der Waals surface area contributed by atoms with E-state index >= 15 is 0 Å². The van der Waals surface area contributed by atoms with Crippen LogP contribution in [0, 0.1) is 0 Å². The Morgan fingerprint density at radius 3 is 2.62 bits per heavy atom. The summed E-state index contributed by atoms with van der Waals surface area (Å²) in [6.45, 7) is -0.0179. The summed E-state index contributed by atoms with van der Waals surface area (Å²) in [6.07, 6.45) is 1.45. The van der Waals surface area contributed by atoms with Gasteiger partial charge in [0.25, 0.3) is 0 Å². The monoisotopic (exact) mass is 391 g/mol. The van der Waals surface area contributed by atoms with Gasteiger partial charge in [-0.1, -0.05) is 23.2 Å². The molecule has 0 saturated carbocycles. The van der Waals surface area contributed by atoms with Crippen molar-refractivity contribution in [2.45, 2.75) is 24.3 Å². The molecule has 1 aromatic carbocycles. The smallest absolute Gasteiger partial charge is 0.303 e. The van der Waals surface area contributed by atoms with Crippen LogP contribution in [0.4, 0.5) is 0 Å². The number of sulfonamides is 1. The van der Waals surface area contributed by atoms with Crippen LogP contribution in [-0.4, -0.2) is 30.3 Å². The Bertz CT molecular complexity index is 805. The van der Waals surface area contributed by atoms with E-state index in [2.05, 4.69) is 0 Å². The van der Waals surface area contributed by atoms with Gasteiger partial charge in [0.2, 0.25) is 10.0 Å². The van der Waals surface area contributed by atoms with Gasteiger partial charge < -0.3 is 9.52 Å². The number of nitrogens with zero attached hydrogens (tertiary/aromatic N) is 1. The van der Waals surface area contributed by atoms with Gasteiger partial charge in [-0.25, -0.2) is 8.42 Å². The molecule has 0 bridgehead atoms. The predicted molar refractivity (Wildman–Crippen MR) is 89.6 cm³/mol. The molecule has 0 unspecified atom stereocenters. The average molecular weight is 392 g/mol. The van der Waals surface area contributed by atoms with E-state index in [9.17, 15) is 13.2 Å². The molecule has 0 aliphatic carbocycles. The van der Waals surface area contributed by atoms with Gasteiger partial charge in [-0.2, -0.15) is 4.31 Å². The molecule has 0 spiro atoms. The minimum absolute atomic E-state index is 0.0121. The molecule has 24 heavy (non-hydrogen) atoms. The van der Waals surface area contributed by atoms with Crippen LogP contribution in [0.2, 0.25) is 10.0 Å². The topological polar surface area (TPSA) is 87.8 Å². The maximum absolute atomic E-state index is 12.9. The number of carboxylic acids is 1. The molecule has 0 aliphatic heterocycles. The lowest BCUT2D eigenvalue weighted by Gasteiger charge is -2.21. The van der Waals surface area contributed by atoms with Crippen LogP contribution in [0.3, 0.4) is 0 Å². The normalized spacial score (nSPS) is 11.8. The fraction of sp³-hybridized carbons (Fsp3) is 0.267. The highest BCUT2D eigenvalue weighted by Crippen LogP contribution is 2.28. The quantitative estimate of drug-likeness (QED) is 0.741. The average Bonchev–Trinajstić information content (AvgIpc) is 3.01. The van der Waals surface area contributed by atoms with Crippen molar-refractivity contribution in [2.75, 3.05) is 6.54 Å². The van der Waals surface area contributed by atoms with Gasteiger partial charge in [-0.15, -0.1) is 0 Å². The highest BCUT2D eigenvalue weighted by Gasteiger charge is 2.28. The summed E-state index contributed by atoms with van der Waals surface area (Å²) in [7, 11) is -3.96. The summed E-state index contributed by atoms with van der Waals surface area (Å²) in [4.78, 5) is 10.6. The minimum Gasteiger partial charge on any atom is -0.481 e. The van der Waals surface area contributed by atoms with Gasteiger partial charge in [0.1, 0.15) is 10.7 Å². The van der Waals surface area contributed by atoms with Crippen molar-refractivity contribution in [2.24, 2.45) is 0 Å². The van der Waals surface area contributed by atoms with Crippen molar-refractivity contribution in [3.8, 4) is 0 Å². The molecular formula is C15H15Cl2NO5S. The molecule has 0 aliphatic rings. The summed E-state index contributed by atoms with van der Waals surface area (Å²) in [6, 6.07) is 7.44. The molecule has 0 amide bonds. The number of aliphatic carboxylic acids is 1. The van der Waals surface area contributed by atoms with E-state index in [1.54, 1.807) is 12.1 Å². The third kappa shape index (κ3) is 4.73. The number of hydrogen-bond donors (Lipinski definition) is 1. The van der Waals surface area contributed by atoms with Crippen LogP contribution in [-0.2, 0) is 21.4 Å². The number of halogens is 2. The second-order valence-electron chi connectivity index (χ2n) is 4.99. The molecule has 1 aromatic heterocycles. The van der Waals surface area contributed by atoms with Gasteiger partial charge in [0, 0.05) is 18.0 Å². The first-order valence-electron chi connectivity index (χ1n) is 7.00. The van der Waals surface area contributed by atoms with Crippen LogP contribution < -0.4 is 0 Å². The summed E-state index contributed by atoms with van der Waals surface area (Å²) >= 11 is 11.9. The van der Waals surface area contributed by atoms with Crippen molar-refractivity contribution in [1.29, 1.82) is 0 Å². The summed E-state index contributed by atoms with van der Waals surface area (Å²) < 4.78 is 32.1. The van der Waals surface area contributed by atoms with Crippen LogP contribution in [0.25, 0.3) is 0 Å². The molecule has 0 saturated heterocycles. The Balaban J connectivity index is 2.32. The number of carboxylic acid groups (broad SMARTS) is 1. The first-order valence-corrected chi connectivity index (χ1v) is 9.19. The molecule has 6 nitrogen and oxygen atoms in total. The Morgan fingerprint density at radius 1 is 1.25 bits per heavy atom. The number of hydrogen-bond acceptors (Lipinski definition) is 4. The highest BCUT2D eigenvalue weighted by molar-refractivity contribution is 7.89. The summed E-state index contributed by atoms with van der Waals surface area (Å²) in [5, 5.41) is 9.04. The SMILES string of the molecule is O=C(O)CCCN(Cc1ccco1)S(=O)(=O)c1cc(Cl)ccc1Cl. The fourth-order valence-corrected chi connectivity index (χ4v) is 4.26. The molecule has 0 atom stereocenters. The summed E-state index contributed by atoms with van der Waals surface area (Å²) in [5.74, 6) is -0.557. The highest BCUT2D eigenvalue weighted by atomic mass is 35.5. The fourth-order valence-electron chi connectivity index (χ4n) is 2.08. The number of furan rings is 1. The lowest BCUT2D eigenvalue weighted by atomic mass is 10.3. The van der Waals surface area contributed by atoms with Gasteiger partial charge in [0.05, 0.1) is 17.8 Å². The van der Waals surface area contributed by atoms with Crippen molar-refractivity contribution < 1.29 is 22.7 Å². The Hall–Kier alpha value is -1.54. The van der Waals surface area contributed by atoms with E-state index in [1.807, 2.05) is 0 Å². The van der Waals surface area contributed by atoms with Crippen LogP contribution >= 0.6 is 23.2 Å². The second kappa shape index (κ2) is 8.02. The molecular weight excluding hydrogens is 377 g/mol. The van der Waals surface area contributed by atoms with Crippen molar-refractivity contribution in [3.63, 3.8) is 0 Å². The molecule has 1 N–H and O–H groups in total. The molecule has 9 heteroatoms. The van der Waals surface area contributed by atoms with Crippen LogP contribution in [0.5, 0.6) is 0 Å². The lowest BCUT2D eigenvalue weighted by Crippen LogP contribution is -2.32. The standard InChI is InChI=1S/C15H15Cl2NO5S/c16-11-5-6-13(17)14(9-11)24(21,22)18(7-1-4-15(19)20)10-12-3-2-8-23-12/h2-3,5-6,8-9H,1,4,7,10H2,(H,19,20). The van der Waals surface area contributed by atoms with E-state index in [4.69, 9.17) is 32.7 Å². The number of rotatable bonds is 8. The van der Waals surface area contributed by atoms with Crippen molar-refractivity contribution in [1.82, 2.24) is 4.31 Å². The molecule has 0 fully saturated rings. The van der Waals surface area contributed by atoms with Gasteiger partial charge in [0.15, 0.2) is 0 Å². The first kappa shape index (κ1) is 18.8. The van der Waals surface area contributed by atoms with Crippen molar-refractivity contribution in [3.05, 3.63) is 52.4 Å². The van der Waals surface area contributed by atoms with Gasteiger partial charge in [-0.05, 0) is 36.8 Å². The number of carbonyl (C=O) groups is 1. The van der Waals surface area contributed by atoms with E-state index in [0.717, 1.165) is 4.31 Å². The Kier molecular flexibility index (Phi) is 6.28. The Labute approximate surface area is 149 Å². The molecule has 2 rings (SSSR count). The van der Waals surface area contributed by atoms with Gasteiger partial charge in [-0.3, -0.25) is 4.79 Å². The van der Waals surface area contributed by atoms with Crippen LogP contribution in [0.15, 0.2) is 45.9 Å². The zero-order valence-electron chi connectivity index (χ0n) is 12.5. The maximum Gasteiger partial charge on any atom is 0.303 e. The van der Waals surface area contributed by atoms with E-state index in [0.29, 0.717) is 5.76 Å².